The highest BCUT2D eigenvalue weighted by Gasteiger charge is 2.56. The van der Waals surface area contributed by atoms with Crippen molar-refractivity contribution in [3.63, 3.8) is 0 Å². The van der Waals surface area contributed by atoms with E-state index in [2.05, 4.69) is 31.4 Å². The molecule has 2 N–H and O–H groups in total. The first kappa shape index (κ1) is 19.0. The van der Waals surface area contributed by atoms with Gasteiger partial charge in [-0.3, -0.25) is 9.89 Å². The second-order valence-corrected chi connectivity index (χ2v) is 11.0. The van der Waals surface area contributed by atoms with Crippen LogP contribution in [-0.2, 0) is 9.53 Å². The zero-order valence-corrected chi connectivity index (χ0v) is 17.6. The number of carbonyl (C=O) groups excluding carboxylic acids is 2. The Morgan fingerprint density at radius 1 is 1.33 bits per heavy atom. The smallest absolute Gasteiger partial charge is 0.342 e. The SMILES string of the molecule is CC(C)c1[nH]ncc1C(=O)OCC(=O)NCC12CC3CC(CC(Br)(C3)C1)C2. The molecule has 4 bridgehead atoms. The monoisotopic (exact) mass is 437 g/mol. The van der Waals surface area contributed by atoms with E-state index in [9.17, 15) is 9.59 Å². The molecule has 0 radical (unpaired) electrons. The van der Waals surface area contributed by atoms with E-state index in [1.165, 1.54) is 38.3 Å². The van der Waals surface area contributed by atoms with Crippen molar-refractivity contribution in [2.45, 2.75) is 62.6 Å². The van der Waals surface area contributed by atoms with Crippen LogP contribution in [0.4, 0.5) is 0 Å². The molecule has 5 rings (SSSR count). The maximum Gasteiger partial charge on any atom is 0.342 e. The molecular weight excluding hydrogens is 410 g/mol. The molecule has 0 spiro atoms. The van der Waals surface area contributed by atoms with E-state index in [4.69, 9.17) is 4.74 Å². The van der Waals surface area contributed by atoms with Gasteiger partial charge in [0.25, 0.3) is 5.91 Å². The summed E-state index contributed by atoms with van der Waals surface area (Å²) < 4.78 is 5.49. The molecule has 27 heavy (non-hydrogen) atoms. The molecule has 2 unspecified atom stereocenters. The Morgan fingerprint density at radius 2 is 2.04 bits per heavy atom. The number of H-pyrrole nitrogens is 1. The van der Waals surface area contributed by atoms with Gasteiger partial charge in [0.2, 0.25) is 0 Å². The summed E-state index contributed by atoms with van der Waals surface area (Å²) in [4.78, 5) is 24.5. The summed E-state index contributed by atoms with van der Waals surface area (Å²) in [6.07, 6.45) is 8.93. The van der Waals surface area contributed by atoms with Crippen LogP contribution in [0, 0.1) is 17.3 Å². The highest BCUT2D eigenvalue weighted by atomic mass is 79.9. The first-order chi connectivity index (χ1) is 12.8. The van der Waals surface area contributed by atoms with Gasteiger partial charge in [-0.05, 0) is 61.7 Å². The summed E-state index contributed by atoms with van der Waals surface area (Å²) in [7, 11) is 0. The van der Waals surface area contributed by atoms with Gasteiger partial charge in [0.1, 0.15) is 5.56 Å². The number of hydrogen-bond donors (Lipinski definition) is 2. The second-order valence-electron chi connectivity index (χ2n) is 9.32. The van der Waals surface area contributed by atoms with Crippen LogP contribution in [0.2, 0.25) is 0 Å². The quantitative estimate of drug-likeness (QED) is 0.526. The molecule has 6 nitrogen and oxygen atoms in total. The summed E-state index contributed by atoms with van der Waals surface area (Å²) in [5, 5.41) is 9.77. The normalized spacial score (nSPS) is 34.1. The molecule has 0 saturated heterocycles. The van der Waals surface area contributed by atoms with Crippen LogP contribution in [0.5, 0.6) is 0 Å². The average Bonchev–Trinajstić information content (AvgIpc) is 3.06. The maximum atomic E-state index is 12.3. The van der Waals surface area contributed by atoms with Gasteiger partial charge in [0, 0.05) is 10.9 Å². The summed E-state index contributed by atoms with van der Waals surface area (Å²) in [6, 6.07) is 0. The molecule has 7 heteroatoms. The Hall–Kier alpha value is -1.37. The van der Waals surface area contributed by atoms with Crippen LogP contribution in [0.1, 0.15) is 74.3 Å². The zero-order valence-electron chi connectivity index (χ0n) is 16.0. The number of aromatic nitrogens is 2. The molecule has 1 aromatic heterocycles. The topological polar surface area (TPSA) is 84.1 Å². The van der Waals surface area contributed by atoms with Gasteiger partial charge in [-0.1, -0.05) is 29.8 Å². The molecule has 0 aliphatic heterocycles. The first-order valence-electron chi connectivity index (χ1n) is 9.94. The predicted octanol–water partition coefficient (Wildman–Crippen LogP) is 3.54. The third-order valence-corrected chi connectivity index (χ3v) is 7.50. The summed E-state index contributed by atoms with van der Waals surface area (Å²) >= 11 is 4.00. The average molecular weight is 438 g/mol. The fourth-order valence-corrected chi connectivity index (χ4v) is 7.50. The molecule has 4 aliphatic carbocycles. The lowest BCUT2D eigenvalue weighted by Gasteiger charge is -2.60. The van der Waals surface area contributed by atoms with E-state index in [0.717, 1.165) is 24.0 Å². The van der Waals surface area contributed by atoms with Crippen LogP contribution in [-0.4, -0.2) is 39.5 Å². The Bertz CT molecular complexity index is 731. The van der Waals surface area contributed by atoms with E-state index in [1.807, 2.05) is 13.8 Å². The number of ether oxygens (including phenoxy) is 1. The fourth-order valence-electron chi connectivity index (χ4n) is 5.99. The van der Waals surface area contributed by atoms with Crippen molar-refractivity contribution in [2.75, 3.05) is 13.2 Å². The maximum absolute atomic E-state index is 12.3. The van der Waals surface area contributed by atoms with Crippen molar-refractivity contribution < 1.29 is 14.3 Å². The third-order valence-electron chi connectivity index (χ3n) is 6.57. The van der Waals surface area contributed by atoms with E-state index < -0.39 is 5.97 Å². The highest BCUT2D eigenvalue weighted by Crippen LogP contribution is 2.64. The number of alkyl halides is 1. The Labute approximate surface area is 168 Å². The summed E-state index contributed by atoms with van der Waals surface area (Å²) in [5.41, 5.74) is 1.35. The molecule has 4 saturated carbocycles. The lowest BCUT2D eigenvalue weighted by molar-refractivity contribution is -0.126. The van der Waals surface area contributed by atoms with Gasteiger partial charge in [0.15, 0.2) is 6.61 Å². The third kappa shape index (κ3) is 3.80. The number of esters is 1. The molecule has 0 aromatic carbocycles. The number of nitrogens with zero attached hydrogens (tertiary/aromatic N) is 1. The van der Waals surface area contributed by atoms with Crippen molar-refractivity contribution in [3.8, 4) is 0 Å². The van der Waals surface area contributed by atoms with E-state index in [0.29, 0.717) is 12.1 Å². The van der Waals surface area contributed by atoms with Crippen LogP contribution in [0.15, 0.2) is 6.20 Å². The Balaban J connectivity index is 1.29. The molecule has 1 amide bonds. The van der Waals surface area contributed by atoms with E-state index >= 15 is 0 Å². The minimum absolute atomic E-state index is 0.136. The number of halogens is 1. The van der Waals surface area contributed by atoms with E-state index in [-0.39, 0.29) is 28.2 Å². The largest absolute Gasteiger partial charge is 0.452 e. The van der Waals surface area contributed by atoms with E-state index in [1.54, 1.807) is 0 Å². The van der Waals surface area contributed by atoms with Crippen LogP contribution < -0.4 is 5.32 Å². The minimum Gasteiger partial charge on any atom is -0.452 e. The van der Waals surface area contributed by atoms with Crippen molar-refractivity contribution in [1.82, 2.24) is 15.5 Å². The molecular formula is C20H28BrN3O3. The van der Waals surface area contributed by atoms with Crippen molar-refractivity contribution in [1.29, 1.82) is 0 Å². The van der Waals surface area contributed by atoms with Gasteiger partial charge in [-0.15, -0.1) is 0 Å². The van der Waals surface area contributed by atoms with Gasteiger partial charge in [-0.2, -0.15) is 5.10 Å². The van der Waals surface area contributed by atoms with Gasteiger partial charge >= 0.3 is 5.97 Å². The van der Waals surface area contributed by atoms with Crippen molar-refractivity contribution in [3.05, 3.63) is 17.5 Å². The predicted molar refractivity (Wildman–Crippen MR) is 105 cm³/mol. The highest BCUT2D eigenvalue weighted by molar-refractivity contribution is 9.10. The molecule has 1 aromatic rings. The number of nitrogens with one attached hydrogen (secondary N) is 2. The molecule has 4 aliphatic rings. The molecule has 2 atom stereocenters. The number of carbonyl (C=O) groups is 2. The lowest BCUT2D eigenvalue weighted by Crippen LogP contribution is -2.56. The van der Waals surface area contributed by atoms with Crippen LogP contribution in [0.25, 0.3) is 0 Å². The Morgan fingerprint density at radius 3 is 2.67 bits per heavy atom. The number of aromatic amines is 1. The Kier molecular flexibility index (Phi) is 4.85. The van der Waals surface area contributed by atoms with Crippen molar-refractivity contribution in [2.24, 2.45) is 17.3 Å². The number of rotatable bonds is 6. The zero-order chi connectivity index (χ0) is 19.2. The standard InChI is InChI=1S/C20H28BrN3O3/c1-12(2)17-15(8-23-24-17)18(26)27-9-16(25)22-11-19-4-13-3-14(5-19)7-20(21,6-13)10-19/h8,12-14H,3-7,9-11H2,1-2H3,(H,22,25)(H,23,24). The summed E-state index contributed by atoms with van der Waals surface area (Å²) in [6.45, 7) is 4.38. The molecule has 4 fully saturated rings. The molecule has 148 valence electrons. The second kappa shape index (κ2) is 6.90. The van der Waals surface area contributed by atoms with Crippen LogP contribution >= 0.6 is 15.9 Å². The van der Waals surface area contributed by atoms with Gasteiger partial charge in [-0.25, -0.2) is 4.79 Å². The lowest BCUT2D eigenvalue weighted by atomic mass is 9.49. The summed E-state index contributed by atoms with van der Waals surface area (Å²) in [5.74, 6) is 0.984. The van der Waals surface area contributed by atoms with Crippen LogP contribution in [0.3, 0.4) is 0 Å². The molecule has 1 heterocycles. The van der Waals surface area contributed by atoms with Crippen molar-refractivity contribution >= 4 is 27.8 Å². The number of hydrogen-bond acceptors (Lipinski definition) is 4. The first-order valence-corrected chi connectivity index (χ1v) is 10.7. The minimum atomic E-state index is -0.503. The van der Waals surface area contributed by atoms with Gasteiger partial charge in [0.05, 0.1) is 11.9 Å². The van der Waals surface area contributed by atoms with Gasteiger partial charge < -0.3 is 10.1 Å². The fraction of sp³-hybridized carbons (Fsp3) is 0.750. The number of amides is 1.